The topological polar surface area (TPSA) is 98.5 Å². The van der Waals surface area contributed by atoms with Crippen molar-refractivity contribution in [3.63, 3.8) is 0 Å². The molecule has 142 valence electrons. The predicted octanol–water partition coefficient (Wildman–Crippen LogP) is 1.76. The number of aliphatic hydroxyl groups is 1. The molecule has 0 radical (unpaired) electrons. The van der Waals surface area contributed by atoms with Gasteiger partial charge in [0.25, 0.3) is 5.91 Å². The molecule has 27 heavy (non-hydrogen) atoms. The van der Waals surface area contributed by atoms with Crippen LogP contribution in [0.5, 0.6) is 5.75 Å². The number of aliphatic hydroxyl groups excluding tert-OH is 1. The second-order valence-corrected chi connectivity index (χ2v) is 7.45. The van der Waals surface area contributed by atoms with Crippen molar-refractivity contribution in [3.8, 4) is 5.75 Å². The van der Waals surface area contributed by atoms with E-state index in [4.69, 9.17) is 9.47 Å². The van der Waals surface area contributed by atoms with Gasteiger partial charge in [-0.05, 0) is 25.1 Å². The van der Waals surface area contributed by atoms with Crippen molar-refractivity contribution in [1.82, 2.24) is 20.1 Å². The minimum absolute atomic E-state index is 0.267. The summed E-state index contributed by atoms with van der Waals surface area (Å²) in [5, 5.41) is 17.4. The van der Waals surface area contributed by atoms with E-state index in [-0.39, 0.29) is 12.5 Å². The standard InChI is InChI=1S/C18H20N4O4S/c1-11-15(27-10-19-11)8-25-12-3-4-14-13(7-12)16(22(2)21-14)17(24)20-18(9-23)5-6-26-18/h3-4,7,10,23H,5-6,8-9H2,1-2H3,(H,20,24). The lowest BCUT2D eigenvalue weighted by Gasteiger charge is -2.40. The van der Waals surface area contributed by atoms with E-state index in [1.54, 1.807) is 30.0 Å². The van der Waals surface area contributed by atoms with Gasteiger partial charge in [-0.2, -0.15) is 5.10 Å². The van der Waals surface area contributed by atoms with Gasteiger partial charge in [0.1, 0.15) is 18.1 Å². The highest BCUT2D eigenvalue weighted by Crippen LogP contribution is 2.27. The van der Waals surface area contributed by atoms with Crippen LogP contribution in [-0.4, -0.2) is 44.7 Å². The second kappa shape index (κ2) is 6.91. The van der Waals surface area contributed by atoms with Crippen molar-refractivity contribution >= 4 is 28.1 Å². The van der Waals surface area contributed by atoms with Crippen molar-refractivity contribution in [2.75, 3.05) is 13.2 Å². The van der Waals surface area contributed by atoms with E-state index in [0.29, 0.717) is 42.0 Å². The first kappa shape index (κ1) is 17.9. The molecule has 1 fully saturated rings. The Morgan fingerprint density at radius 1 is 1.52 bits per heavy atom. The van der Waals surface area contributed by atoms with Gasteiger partial charge in [0.05, 0.1) is 34.8 Å². The number of aromatic nitrogens is 3. The van der Waals surface area contributed by atoms with Gasteiger partial charge in [0, 0.05) is 18.9 Å². The van der Waals surface area contributed by atoms with Crippen molar-refractivity contribution < 1.29 is 19.4 Å². The molecule has 1 atom stereocenters. The third-order valence-corrected chi connectivity index (χ3v) is 5.62. The van der Waals surface area contributed by atoms with Crippen molar-refractivity contribution in [1.29, 1.82) is 0 Å². The van der Waals surface area contributed by atoms with Crippen molar-refractivity contribution in [2.24, 2.45) is 7.05 Å². The van der Waals surface area contributed by atoms with E-state index in [9.17, 15) is 9.90 Å². The van der Waals surface area contributed by atoms with Crippen LogP contribution in [0.3, 0.4) is 0 Å². The van der Waals surface area contributed by atoms with E-state index >= 15 is 0 Å². The smallest absolute Gasteiger partial charge is 0.272 e. The van der Waals surface area contributed by atoms with Crippen LogP contribution in [0.15, 0.2) is 23.7 Å². The molecule has 1 saturated heterocycles. The maximum absolute atomic E-state index is 12.8. The summed E-state index contributed by atoms with van der Waals surface area (Å²) in [5.41, 5.74) is 2.84. The number of benzene rings is 1. The summed E-state index contributed by atoms with van der Waals surface area (Å²) in [4.78, 5) is 18.1. The molecule has 1 aliphatic heterocycles. The third-order valence-electron chi connectivity index (χ3n) is 4.72. The molecule has 2 N–H and O–H groups in total. The number of fused-ring (bicyclic) bond motifs is 1. The lowest BCUT2D eigenvalue weighted by Crippen LogP contribution is -2.60. The fourth-order valence-electron chi connectivity index (χ4n) is 3.03. The normalized spacial score (nSPS) is 19.1. The number of hydrogen-bond acceptors (Lipinski definition) is 7. The van der Waals surface area contributed by atoms with Crippen molar-refractivity contribution in [3.05, 3.63) is 40.0 Å². The van der Waals surface area contributed by atoms with Gasteiger partial charge in [-0.3, -0.25) is 9.48 Å². The molecule has 8 nitrogen and oxygen atoms in total. The maximum Gasteiger partial charge on any atom is 0.272 e. The average Bonchev–Trinajstić information content (AvgIpc) is 3.17. The summed E-state index contributed by atoms with van der Waals surface area (Å²) in [6, 6.07) is 5.46. The average molecular weight is 388 g/mol. The van der Waals surface area contributed by atoms with Gasteiger partial charge in [0.2, 0.25) is 0 Å². The molecule has 0 saturated carbocycles. The summed E-state index contributed by atoms with van der Waals surface area (Å²) in [7, 11) is 1.71. The monoisotopic (exact) mass is 388 g/mol. The quantitative estimate of drug-likeness (QED) is 0.668. The Kier molecular flexibility index (Phi) is 4.58. The van der Waals surface area contributed by atoms with Crippen LogP contribution in [0.25, 0.3) is 10.9 Å². The summed E-state index contributed by atoms with van der Waals surface area (Å²) < 4.78 is 12.8. The fourth-order valence-corrected chi connectivity index (χ4v) is 3.72. The molecule has 2 aromatic heterocycles. The van der Waals surface area contributed by atoms with E-state index < -0.39 is 5.72 Å². The summed E-state index contributed by atoms with van der Waals surface area (Å²) >= 11 is 1.55. The molecule has 3 aromatic rings. The molecule has 0 spiro atoms. The number of nitrogens with one attached hydrogen (secondary N) is 1. The minimum atomic E-state index is -0.995. The number of thiazole rings is 1. The minimum Gasteiger partial charge on any atom is -0.488 e. The van der Waals surface area contributed by atoms with E-state index in [1.165, 1.54) is 4.68 Å². The molecule has 0 bridgehead atoms. The van der Waals surface area contributed by atoms with Crippen molar-refractivity contribution in [2.45, 2.75) is 25.7 Å². The number of ether oxygens (including phenoxy) is 2. The largest absolute Gasteiger partial charge is 0.488 e. The third kappa shape index (κ3) is 3.29. The van der Waals surface area contributed by atoms with E-state index in [1.807, 2.05) is 19.1 Å². The van der Waals surface area contributed by atoms with Crippen LogP contribution >= 0.6 is 11.3 Å². The van der Waals surface area contributed by atoms with Crippen LogP contribution in [0, 0.1) is 6.92 Å². The molecule has 9 heteroatoms. The Morgan fingerprint density at radius 3 is 2.96 bits per heavy atom. The highest BCUT2D eigenvalue weighted by Gasteiger charge is 2.40. The summed E-state index contributed by atoms with van der Waals surface area (Å²) in [6.07, 6.45) is 0.577. The fraction of sp³-hybridized carbons (Fsp3) is 0.389. The molecule has 1 aliphatic rings. The molecule has 1 aromatic carbocycles. The first-order chi connectivity index (χ1) is 13.0. The Morgan fingerprint density at radius 2 is 2.33 bits per heavy atom. The Balaban J connectivity index is 1.59. The maximum atomic E-state index is 12.8. The SMILES string of the molecule is Cc1ncsc1COc1ccc2nn(C)c(C(=O)NC3(CO)CCO3)c2c1. The van der Waals surface area contributed by atoms with Crippen LogP contribution < -0.4 is 10.1 Å². The number of amides is 1. The first-order valence-corrected chi connectivity index (χ1v) is 9.45. The van der Waals surface area contributed by atoms with E-state index in [2.05, 4.69) is 15.4 Å². The number of rotatable bonds is 6. The van der Waals surface area contributed by atoms with Gasteiger partial charge < -0.3 is 19.9 Å². The Hall–Kier alpha value is -2.49. The highest BCUT2D eigenvalue weighted by molar-refractivity contribution is 7.09. The van der Waals surface area contributed by atoms with Crippen LogP contribution in [0.2, 0.25) is 0 Å². The second-order valence-electron chi connectivity index (χ2n) is 6.51. The van der Waals surface area contributed by atoms with E-state index in [0.717, 1.165) is 10.6 Å². The Bertz CT molecular complexity index is 987. The lowest BCUT2D eigenvalue weighted by atomic mass is 10.1. The number of hydrogen-bond donors (Lipinski definition) is 2. The van der Waals surface area contributed by atoms with Gasteiger partial charge in [0.15, 0.2) is 5.72 Å². The summed E-state index contributed by atoms with van der Waals surface area (Å²) in [5.74, 6) is 0.304. The molecule has 0 aliphatic carbocycles. The van der Waals surface area contributed by atoms with Gasteiger partial charge in [-0.15, -0.1) is 11.3 Å². The first-order valence-electron chi connectivity index (χ1n) is 8.57. The predicted molar refractivity (Wildman–Crippen MR) is 99.7 cm³/mol. The number of nitrogens with zero attached hydrogens (tertiary/aromatic N) is 3. The van der Waals surface area contributed by atoms with Crippen LogP contribution in [0.1, 0.15) is 27.5 Å². The molecule has 3 heterocycles. The molecule has 1 unspecified atom stereocenters. The van der Waals surface area contributed by atoms with Crippen LogP contribution in [-0.2, 0) is 18.4 Å². The zero-order valence-electron chi connectivity index (χ0n) is 15.1. The number of aryl methyl sites for hydroxylation is 2. The molecular formula is C18H20N4O4S. The zero-order chi connectivity index (χ0) is 19.0. The van der Waals surface area contributed by atoms with Crippen LogP contribution in [0.4, 0.5) is 0 Å². The number of carbonyl (C=O) groups excluding carboxylic acids is 1. The van der Waals surface area contributed by atoms with Gasteiger partial charge in [-0.1, -0.05) is 0 Å². The lowest BCUT2D eigenvalue weighted by molar-refractivity contribution is -0.182. The zero-order valence-corrected chi connectivity index (χ0v) is 15.9. The highest BCUT2D eigenvalue weighted by atomic mass is 32.1. The van der Waals surface area contributed by atoms with Gasteiger partial charge in [-0.25, -0.2) is 4.98 Å². The Labute approximate surface area is 159 Å². The summed E-state index contributed by atoms with van der Waals surface area (Å²) in [6.45, 7) is 2.62. The molecule has 1 amide bonds. The van der Waals surface area contributed by atoms with Gasteiger partial charge >= 0.3 is 0 Å². The number of carbonyl (C=O) groups is 1. The molecular weight excluding hydrogens is 368 g/mol. The molecule has 4 rings (SSSR count).